The molecule has 19 heavy (non-hydrogen) atoms. The topological polar surface area (TPSA) is 26.3 Å². The standard InChI is InChI=1S/C16H13IO2/c17-13-5-1-3-11(9-13)16(18)12-4-2-6-15(10-12)19-14-7-8-14/h1-6,9-10,14H,7-8H2. The molecule has 0 bridgehead atoms. The molecule has 0 atom stereocenters. The maximum atomic E-state index is 12.4. The van der Waals surface area contributed by atoms with Crippen molar-refractivity contribution in [3.63, 3.8) is 0 Å². The molecule has 0 unspecified atom stereocenters. The summed E-state index contributed by atoms with van der Waals surface area (Å²) in [6.07, 6.45) is 2.59. The second-order valence-electron chi connectivity index (χ2n) is 4.68. The van der Waals surface area contributed by atoms with Gasteiger partial charge in [-0.3, -0.25) is 4.79 Å². The lowest BCUT2D eigenvalue weighted by Crippen LogP contribution is -2.03. The van der Waals surface area contributed by atoms with Crippen molar-refractivity contribution in [2.75, 3.05) is 0 Å². The van der Waals surface area contributed by atoms with Crippen molar-refractivity contribution >= 4 is 28.4 Å². The van der Waals surface area contributed by atoms with Crippen LogP contribution in [0.1, 0.15) is 28.8 Å². The SMILES string of the molecule is O=C(c1cccc(I)c1)c1cccc(OC2CC2)c1. The van der Waals surface area contributed by atoms with E-state index < -0.39 is 0 Å². The summed E-state index contributed by atoms with van der Waals surface area (Å²) in [6.45, 7) is 0. The molecule has 96 valence electrons. The van der Waals surface area contributed by atoms with Gasteiger partial charge in [-0.05, 0) is 59.7 Å². The highest BCUT2D eigenvalue weighted by Crippen LogP contribution is 2.27. The Morgan fingerprint density at radius 2 is 1.74 bits per heavy atom. The third-order valence-electron chi connectivity index (χ3n) is 3.01. The number of hydrogen-bond donors (Lipinski definition) is 0. The Kier molecular flexibility index (Phi) is 3.55. The summed E-state index contributed by atoms with van der Waals surface area (Å²) in [5.74, 6) is 0.832. The van der Waals surface area contributed by atoms with Crippen molar-refractivity contribution in [2.24, 2.45) is 0 Å². The lowest BCUT2D eigenvalue weighted by molar-refractivity contribution is 0.103. The van der Waals surface area contributed by atoms with E-state index in [1.807, 2.05) is 48.5 Å². The molecule has 0 amide bonds. The third kappa shape index (κ3) is 3.15. The second-order valence-corrected chi connectivity index (χ2v) is 5.93. The normalized spacial score (nSPS) is 14.2. The third-order valence-corrected chi connectivity index (χ3v) is 3.68. The zero-order valence-corrected chi connectivity index (χ0v) is 12.5. The van der Waals surface area contributed by atoms with Crippen LogP contribution < -0.4 is 4.74 Å². The van der Waals surface area contributed by atoms with Crippen molar-refractivity contribution in [2.45, 2.75) is 18.9 Å². The van der Waals surface area contributed by atoms with Gasteiger partial charge in [-0.1, -0.05) is 24.3 Å². The van der Waals surface area contributed by atoms with Crippen LogP contribution in [0.3, 0.4) is 0 Å². The first-order valence-corrected chi connectivity index (χ1v) is 7.37. The van der Waals surface area contributed by atoms with Crippen LogP contribution in [0.4, 0.5) is 0 Å². The molecule has 0 spiro atoms. The fraction of sp³-hybridized carbons (Fsp3) is 0.188. The van der Waals surface area contributed by atoms with Crippen LogP contribution in [0, 0.1) is 3.57 Å². The molecule has 0 aromatic heterocycles. The molecule has 0 radical (unpaired) electrons. The van der Waals surface area contributed by atoms with Gasteiger partial charge in [0.1, 0.15) is 5.75 Å². The van der Waals surface area contributed by atoms with Crippen LogP contribution in [0.15, 0.2) is 48.5 Å². The minimum Gasteiger partial charge on any atom is -0.490 e. The molecular formula is C16H13IO2. The van der Waals surface area contributed by atoms with Crippen LogP contribution in [-0.4, -0.2) is 11.9 Å². The molecule has 1 saturated carbocycles. The van der Waals surface area contributed by atoms with Crippen LogP contribution in [0.5, 0.6) is 5.75 Å². The molecule has 0 heterocycles. The summed E-state index contributed by atoms with van der Waals surface area (Å²) in [7, 11) is 0. The average molecular weight is 364 g/mol. The number of hydrogen-bond acceptors (Lipinski definition) is 2. The highest BCUT2D eigenvalue weighted by Gasteiger charge is 2.23. The predicted molar refractivity (Wildman–Crippen MR) is 82.7 cm³/mol. The largest absolute Gasteiger partial charge is 0.490 e. The maximum Gasteiger partial charge on any atom is 0.193 e. The Hall–Kier alpha value is -1.36. The Morgan fingerprint density at radius 3 is 2.42 bits per heavy atom. The Balaban J connectivity index is 1.86. The molecule has 2 aromatic carbocycles. The second kappa shape index (κ2) is 5.33. The van der Waals surface area contributed by atoms with E-state index in [1.165, 1.54) is 0 Å². The van der Waals surface area contributed by atoms with Gasteiger partial charge >= 0.3 is 0 Å². The first-order valence-electron chi connectivity index (χ1n) is 6.29. The van der Waals surface area contributed by atoms with E-state index in [0.29, 0.717) is 11.7 Å². The average Bonchev–Trinajstić information content (AvgIpc) is 3.22. The van der Waals surface area contributed by atoms with E-state index in [0.717, 1.165) is 27.7 Å². The van der Waals surface area contributed by atoms with Crippen LogP contribution in [-0.2, 0) is 0 Å². The van der Waals surface area contributed by atoms with Gasteiger partial charge in [0.15, 0.2) is 5.78 Å². The summed E-state index contributed by atoms with van der Waals surface area (Å²) in [5.41, 5.74) is 1.40. The predicted octanol–water partition coefficient (Wildman–Crippen LogP) is 4.06. The first-order chi connectivity index (χ1) is 9.22. The summed E-state index contributed by atoms with van der Waals surface area (Å²) < 4.78 is 6.79. The van der Waals surface area contributed by atoms with Crippen molar-refractivity contribution in [1.82, 2.24) is 0 Å². The lowest BCUT2D eigenvalue weighted by Gasteiger charge is -2.06. The van der Waals surface area contributed by atoms with E-state index >= 15 is 0 Å². The quantitative estimate of drug-likeness (QED) is 0.604. The molecule has 2 nitrogen and oxygen atoms in total. The van der Waals surface area contributed by atoms with Crippen LogP contribution in [0.25, 0.3) is 0 Å². The van der Waals surface area contributed by atoms with Gasteiger partial charge in [-0.2, -0.15) is 0 Å². The van der Waals surface area contributed by atoms with Crippen molar-refractivity contribution in [3.05, 3.63) is 63.2 Å². The summed E-state index contributed by atoms with van der Waals surface area (Å²) >= 11 is 2.21. The van der Waals surface area contributed by atoms with Gasteiger partial charge in [0, 0.05) is 14.7 Å². The monoisotopic (exact) mass is 364 g/mol. The number of rotatable bonds is 4. The molecule has 0 saturated heterocycles. The molecule has 3 rings (SSSR count). The number of halogens is 1. The molecule has 1 aliphatic rings. The minimum absolute atomic E-state index is 0.0414. The summed E-state index contributed by atoms with van der Waals surface area (Å²) in [5, 5.41) is 0. The van der Waals surface area contributed by atoms with E-state index in [2.05, 4.69) is 22.6 Å². The summed E-state index contributed by atoms with van der Waals surface area (Å²) in [4.78, 5) is 12.4. The van der Waals surface area contributed by atoms with Crippen molar-refractivity contribution in [3.8, 4) is 5.75 Å². The van der Waals surface area contributed by atoms with Gasteiger partial charge in [0.25, 0.3) is 0 Å². The Bertz CT molecular complexity index is 618. The molecule has 1 fully saturated rings. The molecular weight excluding hydrogens is 351 g/mol. The number of ketones is 1. The lowest BCUT2D eigenvalue weighted by atomic mass is 10.0. The molecule has 2 aromatic rings. The number of carbonyl (C=O) groups is 1. The zero-order valence-electron chi connectivity index (χ0n) is 10.3. The smallest absolute Gasteiger partial charge is 0.193 e. The van der Waals surface area contributed by atoms with Crippen LogP contribution in [0.2, 0.25) is 0 Å². The van der Waals surface area contributed by atoms with Gasteiger partial charge in [-0.15, -0.1) is 0 Å². The number of carbonyl (C=O) groups excluding carboxylic acids is 1. The van der Waals surface area contributed by atoms with Crippen LogP contribution >= 0.6 is 22.6 Å². The highest BCUT2D eigenvalue weighted by molar-refractivity contribution is 14.1. The molecule has 3 heteroatoms. The first kappa shape index (κ1) is 12.7. The van der Waals surface area contributed by atoms with E-state index in [9.17, 15) is 4.79 Å². The summed E-state index contributed by atoms with van der Waals surface area (Å²) in [6, 6.07) is 15.1. The molecule has 0 aliphatic heterocycles. The highest BCUT2D eigenvalue weighted by atomic mass is 127. The Morgan fingerprint density at radius 1 is 1.05 bits per heavy atom. The zero-order chi connectivity index (χ0) is 13.2. The fourth-order valence-electron chi connectivity index (χ4n) is 1.89. The number of ether oxygens (including phenoxy) is 1. The van der Waals surface area contributed by atoms with E-state index in [1.54, 1.807) is 0 Å². The van der Waals surface area contributed by atoms with Crippen molar-refractivity contribution < 1.29 is 9.53 Å². The Labute approximate surface area is 125 Å². The van der Waals surface area contributed by atoms with Crippen molar-refractivity contribution in [1.29, 1.82) is 0 Å². The number of benzene rings is 2. The van der Waals surface area contributed by atoms with E-state index in [4.69, 9.17) is 4.74 Å². The molecule has 0 N–H and O–H groups in total. The molecule has 1 aliphatic carbocycles. The fourth-order valence-corrected chi connectivity index (χ4v) is 2.43. The van der Waals surface area contributed by atoms with E-state index in [-0.39, 0.29) is 5.78 Å². The maximum absolute atomic E-state index is 12.4. The van der Waals surface area contributed by atoms with Gasteiger partial charge < -0.3 is 4.74 Å². The van der Waals surface area contributed by atoms with Gasteiger partial charge in [0.2, 0.25) is 0 Å². The van der Waals surface area contributed by atoms with Gasteiger partial charge in [-0.25, -0.2) is 0 Å². The van der Waals surface area contributed by atoms with Gasteiger partial charge in [0.05, 0.1) is 6.10 Å². The minimum atomic E-state index is 0.0414.